The van der Waals surface area contributed by atoms with Crippen molar-refractivity contribution in [1.29, 1.82) is 0 Å². The zero-order valence-corrected chi connectivity index (χ0v) is 32.2. The molecule has 0 unspecified atom stereocenters. The van der Waals surface area contributed by atoms with Crippen LogP contribution in [0.4, 0.5) is 0 Å². The van der Waals surface area contributed by atoms with E-state index in [1.54, 1.807) is 0 Å². The molecule has 0 saturated carbocycles. The summed E-state index contributed by atoms with van der Waals surface area (Å²) in [5, 5.41) is 5.67. The van der Waals surface area contributed by atoms with E-state index in [1.807, 2.05) is 13.0 Å². The van der Waals surface area contributed by atoms with E-state index in [-0.39, 0.29) is 36.6 Å². The molecule has 52 heavy (non-hydrogen) atoms. The van der Waals surface area contributed by atoms with Crippen LogP contribution in [0.5, 0.6) is 0 Å². The normalized spacial score (nSPS) is 23.1. The number of methoxy groups -OCH3 is 1. The van der Waals surface area contributed by atoms with Gasteiger partial charge in [-0.05, 0) is 112 Å². The molecule has 3 atom stereocenters. The van der Waals surface area contributed by atoms with Crippen molar-refractivity contribution in [3.63, 3.8) is 0 Å². The minimum atomic E-state index is -1.12. The van der Waals surface area contributed by atoms with E-state index in [1.165, 1.54) is 30.2 Å². The van der Waals surface area contributed by atoms with E-state index >= 15 is 0 Å². The van der Waals surface area contributed by atoms with Crippen LogP contribution in [0.25, 0.3) is 23.8 Å². The number of rotatable bonds is 11. The molecule has 1 aliphatic carbocycles. The third kappa shape index (κ3) is 7.02. The second-order valence-corrected chi connectivity index (χ2v) is 15.3. The smallest absolute Gasteiger partial charge is 0.321 e. The molecule has 0 amide bonds. The monoisotopic (exact) mass is 706 g/mol. The summed E-state index contributed by atoms with van der Waals surface area (Å²) in [5.74, 6) is -1.85. The molecule has 3 aromatic heterocycles. The highest BCUT2D eigenvalue weighted by Gasteiger charge is 2.48. The summed E-state index contributed by atoms with van der Waals surface area (Å²) >= 11 is 0. The largest absolute Gasteiger partial charge is 0.468 e. The number of carbonyl (C=O) groups is 3. The van der Waals surface area contributed by atoms with Crippen LogP contribution in [-0.4, -0.2) is 46.4 Å². The minimum absolute atomic E-state index is 0.0522. The summed E-state index contributed by atoms with van der Waals surface area (Å²) < 4.78 is 10.9. The molecule has 3 aromatic rings. The Morgan fingerprint density at radius 1 is 0.981 bits per heavy atom. The Labute approximate surface area is 306 Å². The predicted molar refractivity (Wildman–Crippen MR) is 206 cm³/mol. The number of hydrogen-bond donors (Lipinski definition) is 4. The van der Waals surface area contributed by atoms with Gasteiger partial charge in [0.1, 0.15) is 12.5 Å². The van der Waals surface area contributed by atoms with Gasteiger partial charge in [-0.25, -0.2) is 0 Å². The van der Waals surface area contributed by atoms with Gasteiger partial charge in [0.2, 0.25) is 0 Å². The van der Waals surface area contributed by atoms with Gasteiger partial charge in [0.25, 0.3) is 0 Å². The zero-order valence-electron chi connectivity index (χ0n) is 32.2. The molecule has 0 spiro atoms. The lowest BCUT2D eigenvalue weighted by Gasteiger charge is -2.19. The number of carbonyl (C=O) groups excluding carboxylic acids is 3. The molecule has 3 aliphatic rings. The second-order valence-electron chi connectivity index (χ2n) is 15.3. The Kier molecular flexibility index (Phi) is 10.7. The number of aryl methyl sites for hydroxylation is 1. The van der Waals surface area contributed by atoms with Crippen molar-refractivity contribution < 1.29 is 23.9 Å². The standard InChI is InChI=1S/C43H54N4O5/c1-10-29-25(6)32-19-28-18-24(5)31(44-28)20-33-26(7)30(14-15-36(48)52-17-16-23(4)13-11-12-22(2)3)40(46-33)38-39(43(50)51-9)42(49)37-27(8)34(47-41(37)38)21-35(29)45-32/h16,18-22,26,30,39,44-47H,10-15,17H2,1-9H3/b23-16+,32-19-,33-20-,35-21-,40-38-/t26-,30-,39+/m0/s1. The van der Waals surface area contributed by atoms with Crippen LogP contribution in [0, 0.1) is 44.4 Å². The topological polar surface area (TPSA) is 129 Å². The van der Waals surface area contributed by atoms with Gasteiger partial charge in [0.15, 0.2) is 5.78 Å². The van der Waals surface area contributed by atoms with Crippen molar-refractivity contribution in [3.8, 4) is 0 Å². The average Bonchev–Trinajstić information content (AvgIpc) is 3.85. The molecule has 0 radical (unpaired) electrons. The molecule has 0 aromatic carbocycles. The maximum atomic E-state index is 14.2. The number of hydrogen-bond acceptors (Lipinski definition) is 6. The number of allylic oxidation sites excluding steroid dienone is 3. The van der Waals surface area contributed by atoms with E-state index < -0.39 is 11.9 Å². The highest BCUT2D eigenvalue weighted by atomic mass is 16.5. The predicted octanol–water partition coefficient (Wildman–Crippen LogP) is 6.82. The Bertz CT molecular complexity index is 2130. The summed E-state index contributed by atoms with van der Waals surface area (Å²) in [7, 11) is 1.32. The van der Waals surface area contributed by atoms with Crippen LogP contribution in [-0.2, 0) is 25.5 Å². The molecular weight excluding hydrogens is 652 g/mol. The van der Waals surface area contributed by atoms with Crippen molar-refractivity contribution in [2.75, 3.05) is 13.7 Å². The van der Waals surface area contributed by atoms with Gasteiger partial charge in [-0.3, -0.25) is 14.4 Å². The zero-order chi connectivity index (χ0) is 37.4. The first-order chi connectivity index (χ1) is 24.8. The van der Waals surface area contributed by atoms with Crippen molar-refractivity contribution in [2.45, 2.75) is 93.9 Å². The lowest BCUT2D eigenvalue weighted by atomic mass is 9.85. The van der Waals surface area contributed by atoms with Crippen LogP contribution in [0.2, 0.25) is 0 Å². The van der Waals surface area contributed by atoms with Crippen molar-refractivity contribution in [1.82, 2.24) is 20.3 Å². The van der Waals surface area contributed by atoms with E-state index in [0.717, 1.165) is 69.6 Å². The molecule has 5 heterocycles. The molecule has 8 bridgehead atoms. The fourth-order valence-electron chi connectivity index (χ4n) is 8.18. The highest BCUT2D eigenvalue weighted by molar-refractivity contribution is 6.24. The summed E-state index contributed by atoms with van der Waals surface area (Å²) in [6.07, 6.45) is 13.1. The molecule has 1 fully saturated rings. The Morgan fingerprint density at radius 3 is 2.46 bits per heavy atom. The van der Waals surface area contributed by atoms with Crippen molar-refractivity contribution in [2.24, 2.45) is 23.7 Å². The fourth-order valence-corrected chi connectivity index (χ4v) is 8.18. The van der Waals surface area contributed by atoms with Gasteiger partial charge in [-0.2, -0.15) is 0 Å². The number of ether oxygens (including phenoxy) is 2. The number of aromatic amines is 3. The van der Waals surface area contributed by atoms with Crippen molar-refractivity contribution in [3.05, 3.63) is 90.4 Å². The van der Waals surface area contributed by atoms with Gasteiger partial charge in [0.05, 0.1) is 12.8 Å². The number of nitrogens with one attached hydrogen (secondary N) is 4. The Balaban J connectivity index is 1.44. The Hall–Kier alpha value is -4.79. The van der Waals surface area contributed by atoms with E-state index in [9.17, 15) is 14.4 Å². The van der Waals surface area contributed by atoms with Crippen LogP contribution in [0.3, 0.4) is 0 Å². The van der Waals surface area contributed by atoms with E-state index in [4.69, 9.17) is 9.47 Å². The van der Waals surface area contributed by atoms with Crippen LogP contribution in [0.1, 0.15) is 122 Å². The molecule has 9 nitrogen and oxygen atoms in total. The second kappa shape index (κ2) is 15.1. The maximum Gasteiger partial charge on any atom is 0.321 e. The first-order valence-corrected chi connectivity index (χ1v) is 18.8. The van der Waals surface area contributed by atoms with E-state index in [2.05, 4.69) is 93.0 Å². The molecule has 1 saturated heterocycles. The fraction of sp³-hybridized carbons (Fsp3) is 0.465. The van der Waals surface area contributed by atoms with Gasteiger partial charge < -0.3 is 29.7 Å². The van der Waals surface area contributed by atoms with Gasteiger partial charge in [-0.1, -0.05) is 39.7 Å². The first-order valence-electron chi connectivity index (χ1n) is 18.8. The first kappa shape index (κ1) is 37.0. The number of H-pyrrole nitrogens is 3. The lowest BCUT2D eigenvalue weighted by molar-refractivity contribution is -0.143. The van der Waals surface area contributed by atoms with Crippen LogP contribution >= 0.6 is 0 Å². The summed E-state index contributed by atoms with van der Waals surface area (Å²) in [5.41, 5.74) is 11.7. The lowest BCUT2D eigenvalue weighted by Crippen LogP contribution is -2.25. The summed E-state index contributed by atoms with van der Waals surface area (Å²) in [4.78, 5) is 51.6. The van der Waals surface area contributed by atoms with E-state index in [0.29, 0.717) is 29.2 Å². The SMILES string of the molecule is CCc1c(C)/c2[nH]/c1=C\c1[nH]c3c(c1C)C(=O)[C@H](C(=O)OC)/C3=C1/N/C(=C\c3[nH]c(cc3C)\C=2)[C@@H](C)[C@@H]1CCC(=O)OC/C=C(\C)CCCC(C)C. The average molecular weight is 707 g/mol. The number of esters is 2. The number of aromatic nitrogens is 3. The van der Waals surface area contributed by atoms with Crippen molar-refractivity contribution >= 4 is 41.5 Å². The van der Waals surface area contributed by atoms with Gasteiger partial charge in [-0.15, -0.1) is 0 Å². The molecule has 9 heteroatoms. The molecular formula is C43H54N4O5. The van der Waals surface area contributed by atoms with Crippen LogP contribution < -0.4 is 16.0 Å². The molecule has 276 valence electrons. The van der Waals surface area contributed by atoms with Crippen LogP contribution in [0.15, 0.2) is 29.1 Å². The number of Topliss-reactive ketones (excluding diaryl/α,β-unsaturated/α-hetero) is 1. The third-order valence-corrected chi connectivity index (χ3v) is 11.3. The molecule has 2 aliphatic heterocycles. The number of ketones is 1. The minimum Gasteiger partial charge on any atom is -0.468 e. The molecule has 6 rings (SSSR count). The quantitative estimate of drug-likeness (QED) is 0.0985. The maximum absolute atomic E-state index is 14.2. The molecule has 4 N–H and O–H groups in total. The van der Waals surface area contributed by atoms with Gasteiger partial charge >= 0.3 is 11.9 Å². The number of fused-ring (bicyclic) bond motifs is 7. The van der Waals surface area contributed by atoms with Gasteiger partial charge in [0, 0.05) is 68.6 Å². The summed E-state index contributed by atoms with van der Waals surface area (Å²) in [6, 6.07) is 2.14. The Morgan fingerprint density at radius 2 is 1.75 bits per heavy atom. The third-order valence-electron chi connectivity index (χ3n) is 11.3. The summed E-state index contributed by atoms with van der Waals surface area (Å²) in [6.45, 7) is 17.2. The highest BCUT2D eigenvalue weighted by Crippen LogP contribution is 2.48.